The normalized spacial score (nSPS) is 20.1. The highest BCUT2D eigenvalue weighted by atomic mass is 17.1. The molecule has 0 radical (unpaired) electrons. The van der Waals surface area contributed by atoms with Gasteiger partial charge < -0.3 is 30.1 Å². The van der Waals surface area contributed by atoms with Gasteiger partial charge in [-0.25, -0.2) is 4.79 Å². The quantitative estimate of drug-likeness (QED) is 0.0298. The largest absolute Gasteiger partial charge is 0.425 e. The van der Waals surface area contributed by atoms with Gasteiger partial charge in [-0.2, -0.15) is 0 Å². The molecule has 0 aromatic heterocycles. The second-order valence-electron chi connectivity index (χ2n) is 13.1. The number of rotatable bonds is 24. The molecular formula is C38H54N2O11. The van der Waals surface area contributed by atoms with Crippen LogP contribution >= 0.6 is 0 Å². The Bertz CT molecular complexity index is 1340. The van der Waals surface area contributed by atoms with Crippen LogP contribution in [0.5, 0.6) is 5.75 Å². The molecule has 0 bridgehead atoms. The standard InChI is InChI=1S/C38H54N2O11/c1-27(38(46)51-32-20-16-29(17-21-32)25-49-26-31(42)12-9-23-50-40(47)48)39-37(45)14-8-3-2-7-13-33-34(36(44)24-35(33)43)22-19-30(41)18-15-28-10-5-4-6-11-28/h2,4-7,10-11,16-17,20-21,27,30,33-36,41,43-44,47-48H,3,8-9,12-15,18-19,22-26H2,1H3,(H,39,45)/b7-2-/t27?,30-,33+,34+,35-,36+/m0/s1. The van der Waals surface area contributed by atoms with Gasteiger partial charge in [0.25, 0.3) is 0 Å². The summed E-state index contributed by atoms with van der Waals surface area (Å²) in [5.41, 5.74) is 1.95. The molecule has 51 heavy (non-hydrogen) atoms. The van der Waals surface area contributed by atoms with Crippen molar-refractivity contribution in [2.24, 2.45) is 11.8 Å². The van der Waals surface area contributed by atoms with E-state index in [4.69, 9.17) is 19.9 Å². The smallest absolute Gasteiger partial charge is 0.333 e. The molecule has 0 aliphatic heterocycles. The number of esters is 1. The van der Waals surface area contributed by atoms with Crippen LogP contribution in [-0.2, 0) is 37.0 Å². The number of carbonyl (C=O) groups excluding carboxylic acids is 3. The summed E-state index contributed by atoms with van der Waals surface area (Å²) in [6.45, 7) is 1.60. The van der Waals surface area contributed by atoms with Crippen LogP contribution in [0.2, 0.25) is 0 Å². The molecule has 1 amide bonds. The van der Waals surface area contributed by atoms with Crippen LogP contribution < -0.4 is 10.1 Å². The van der Waals surface area contributed by atoms with Crippen molar-refractivity contribution in [2.75, 3.05) is 13.2 Å². The molecule has 282 valence electrons. The van der Waals surface area contributed by atoms with E-state index in [0.717, 1.165) is 12.0 Å². The minimum Gasteiger partial charge on any atom is -0.425 e. The Balaban J connectivity index is 1.27. The summed E-state index contributed by atoms with van der Waals surface area (Å²) in [7, 11) is 0. The lowest BCUT2D eigenvalue weighted by molar-refractivity contribution is -0.492. The number of carbonyl (C=O) groups is 3. The van der Waals surface area contributed by atoms with Crippen LogP contribution in [0.4, 0.5) is 0 Å². The molecule has 1 aliphatic carbocycles. The van der Waals surface area contributed by atoms with E-state index in [0.29, 0.717) is 57.1 Å². The zero-order chi connectivity index (χ0) is 37.0. The molecule has 0 spiro atoms. The molecule has 1 unspecified atom stereocenters. The lowest BCUT2D eigenvalue weighted by Gasteiger charge is -2.23. The first-order chi connectivity index (χ1) is 24.5. The summed E-state index contributed by atoms with van der Waals surface area (Å²) < 4.78 is 10.8. The van der Waals surface area contributed by atoms with Crippen molar-refractivity contribution in [3.63, 3.8) is 0 Å². The van der Waals surface area contributed by atoms with Crippen molar-refractivity contribution in [2.45, 2.75) is 109 Å². The van der Waals surface area contributed by atoms with Gasteiger partial charge in [0.15, 0.2) is 5.78 Å². The Kier molecular flexibility index (Phi) is 19.0. The first-order valence-electron chi connectivity index (χ1n) is 17.7. The van der Waals surface area contributed by atoms with E-state index >= 15 is 0 Å². The maximum Gasteiger partial charge on any atom is 0.333 e. The number of ether oxygens (including phenoxy) is 2. The summed E-state index contributed by atoms with van der Waals surface area (Å²) in [6.07, 6.45) is 7.88. The van der Waals surface area contributed by atoms with Gasteiger partial charge in [-0.15, -0.1) is 0 Å². The zero-order valence-electron chi connectivity index (χ0n) is 29.3. The third kappa shape index (κ3) is 16.6. The molecule has 13 heteroatoms. The molecule has 2 aromatic carbocycles. The Labute approximate surface area is 299 Å². The molecule has 0 heterocycles. The number of allylic oxidation sites excluding steroid dienone is 2. The van der Waals surface area contributed by atoms with E-state index in [9.17, 15) is 29.7 Å². The van der Waals surface area contributed by atoms with Gasteiger partial charge in [0, 0.05) is 12.8 Å². The molecular weight excluding hydrogens is 660 g/mol. The van der Waals surface area contributed by atoms with Crippen LogP contribution in [0, 0.1) is 11.8 Å². The fourth-order valence-corrected chi connectivity index (χ4v) is 6.17. The molecule has 6 atom stereocenters. The van der Waals surface area contributed by atoms with Gasteiger partial charge in [0.1, 0.15) is 18.4 Å². The Morgan fingerprint density at radius 2 is 1.65 bits per heavy atom. The molecule has 6 N–H and O–H groups in total. The molecule has 3 rings (SSSR count). The predicted octanol–water partition coefficient (Wildman–Crippen LogP) is 4.22. The summed E-state index contributed by atoms with van der Waals surface area (Å²) in [5, 5.41) is 50.8. The molecule has 13 nitrogen and oxygen atoms in total. The van der Waals surface area contributed by atoms with Crippen molar-refractivity contribution in [3.8, 4) is 5.75 Å². The summed E-state index contributed by atoms with van der Waals surface area (Å²) in [6, 6.07) is 15.8. The number of benzene rings is 2. The minimum absolute atomic E-state index is 0.0220. The number of aliphatic hydroxyl groups excluding tert-OH is 3. The van der Waals surface area contributed by atoms with E-state index < -0.39 is 35.7 Å². The number of nitrogens with zero attached hydrogens (tertiary/aromatic N) is 1. The second kappa shape index (κ2) is 23.1. The van der Waals surface area contributed by atoms with Crippen molar-refractivity contribution in [1.29, 1.82) is 0 Å². The van der Waals surface area contributed by atoms with Crippen LogP contribution in [0.15, 0.2) is 66.7 Å². The van der Waals surface area contributed by atoms with Crippen LogP contribution in [0.25, 0.3) is 0 Å². The first kappa shape index (κ1) is 41.9. The number of aliphatic hydroxyl groups is 3. The van der Waals surface area contributed by atoms with E-state index in [2.05, 4.69) is 10.2 Å². The second-order valence-corrected chi connectivity index (χ2v) is 13.1. The molecule has 1 fully saturated rings. The van der Waals surface area contributed by atoms with Crippen LogP contribution in [-0.4, -0.2) is 86.4 Å². The number of nitrogens with one attached hydrogen (secondary N) is 1. The number of Topliss-reactive ketones (excluding diaryl/α,β-unsaturated/α-hetero) is 1. The maximum atomic E-state index is 12.5. The van der Waals surface area contributed by atoms with E-state index in [-0.39, 0.29) is 56.2 Å². The highest BCUT2D eigenvalue weighted by Crippen LogP contribution is 2.38. The van der Waals surface area contributed by atoms with E-state index in [1.165, 1.54) is 5.56 Å². The highest BCUT2D eigenvalue weighted by Gasteiger charge is 2.40. The number of amides is 1. The average Bonchev–Trinajstić information content (AvgIpc) is 3.38. The van der Waals surface area contributed by atoms with Gasteiger partial charge in [-0.1, -0.05) is 54.6 Å². The van der Waals surface area contributed by atoms with Gasteiger partial charge in [-0.3, -0.25) is 24.8 Å². The minimum atomic E-state index is -0.852. The van der Waals surface area contributed by atoms with Gasteiger partial charge in [0.2, 0.25) is 5.91 Å². The number of unbranched alkanes of at least 4 members (excludes halogenated alkanes) is 1. The fourth-order valence-electron chi connectivity index (χ4n) is 6.17. The van der Waals surface area contributed by atoms with Gasteiger partial charge >= 0.3 is 5.97 Å². The van der Waals surface area contributed by atoms with Crippen LogP contribution in [0.3, 0.4) is 0 Å². The third-order valence-electron chi connectivity index (χ3n) is 9.02. The zero-order valence-corrected chi connectivity index (χ0v) is 29.3. The van der Waals surface area contributed by atoms with Gasteiger partial charge in [-0.05, 0) is 99.8 Å². The third-order valence-corrected chi connectivity index (χ3v) is 9.02. The van der Waals surface area contributed by atoms with E-state index in [1.807, 2.05) is 42.5 Å². The Morgan fingerprint density at radius 3 is 2.37 bits per heavy atom. The van der Waals surface area contributed by atoms with Crippen LogP contribution in [0.1, 0.15) is 82.3 Å². The Morgan fingerprint density at radius 1 is 0.922 bits per heavy atom. The Hall–Kier alpha value is -3.53. The van der Waals surface area contributed by atoms with E-state index in [1.54, 1.807) is 31.2 Å². The van der Waals surface area contributed by atoms with Crippen molar-refractivity contribution in [1.82, 2.24) is 10.7 Å². The maximum absolute atomic E-state index is 12.5. The summed E-state index contributed by atoms with van der Waals surface area (Å²) in [5.74, 6) is -0.902. The monoisotopic (exact) mass is 714 g/mol. The lowest BCUT2D eigenvalue weighted by atomic mass is 9.85. The number of hydrogen-bond donors (Lipinski definition) is 6. The first-order valence-corrected chi connectivity index (χ1v) is 17.7. The van der Waals surface area contributed by atoms with Crippen molar-refractivity contribution < 1.29 is 54.4 Å². The highest BCUT2D eigenvalue weighted by molar-refractivity contribution is 5.85. The topological polar surface area (TPSA) is 195 Å². The number of ketones is 1. The molecule has 1 saturated carbocycles. The molecule has 2 aromatic rings. The number of aryl methyl sites for hydroxylation is 1. The summed E-state index contributed by atoms with van der Waals surface area (Å²) in [4.78, 5) is 41.1. The summed E-state index contributed by atoms with van der Waals surface area (Å²) >= 11 is 0. The number of hydrogen-bond acceptors (Lipinski definition) is 12. The SMILES string of the molecule is CC(NC(=O)CCC/C=C\C[C@@H]1[C@@H](CC[C@@H](O)CCc2ccccc2)[C@H](O)C[C@@H]1O)C(=O)Oc1ccc(COCC(=O)CCCON(O)O)cc1. The molecule has 0 saturated heterocycles. The molecule has 1 aliphatic rings. The van der Waals surface area contributed by atoms with Crippen molar-refractivity contribution in [3.05, 3.63) is 77.9 Å². The van der Waals surface area contributed by atoms with Crippen molar-refractivity contribution >= 4 is 17.7 Å². The predicted molar refractivity (Wildman–Crippen MR) is 186 cm³/mol. The fraction of sp³-hybridized carbons (Fsp3) is 0.553. The van der Waals surface area contributed by atoms with Gasteiger partial charge in [0.05, 0.1) is 36.9 Å². The average molecular weight is 715 g/mol. The lowest BCUT2D eigenvalue weighted by Crippen LogP contribution is -2.40.